The third-order valence-electron chi connectivity index (χ3n) is 2.56. The highest BCUT2D eigenvalue weighted by atomic mass is 19.1. The first-order valence-corrected chi connectivity index (χ1v) is 5.83. The smallest absolute Gasteiger partial charge is 0.220 e. The van der Waals surface area contributed by atoms with Crippen LogP contribution in [0.3, 0.4) is 0 Å². The number of hydrogen-bond acceptors (Lipinski definition) is 2. The summed E-state index contributed by atoms with van der Waals surface area (Å²) < 4.78 is 13.0. The van der Waals surface area contributed by atoms with Gasteiger partial charge in [0.2, 0.25) is 5.91 Å². The molecule has 0 fully saturated rings. The Hall–Kier alpha value is -1.42. The summed E-state index contributed by atoms with van der Waals surface area (Å²) in [6.45, 7) is 2.67. The van der Waals surface area contributed by atoms with Crippen molar-refractivity contribution in [1.82, 2.24) is 10.6 Å². The third kappa shape index (κ3) is 4.95. The first-order valence-electron chi connectivity index (χ1n) is 5.83. The van der Waals surface area contributed by atoms with Gasteiger partial charge in [-0.15, -0.1) is 0 Å². The average molecular weight is 238 g/mol. The lowest BCUT2D eigenvalue weighted by Crippen LogP contribution is -2.27. The van der Waals surface area contributed by atoms with E-state index in [1.807, 2.05) is 20.0 Å². The molecule has 0 aliphatic rings. The summed E-state index contributed by atoms with van der Waals surface area (Å²) >= 11 is 0. The highest BCUT2D eigenvalue weighted by Gasteiger charge is 2.09. The van der Waals surface area contributed by atoms with E-state index in [1.165, 1.54) is 12.1 Å². The fourth-order valence-electron chi connectivity index (χ4n) is 1.60. The second-order valence-electron chi connectivity index (χ2n) is 4.05. The molecule has 0 bridgehead atoms. The molecule has 3 nitrogen and oxygen atoms in total. The van der Waals surface area contributed by atoms with Crippen molar-refractivity contribution in [2.75, 3.05) is 13.6 Å². The molecule has 4 heteroatoms. The Morgan fingerprint density at radius 3 is 2.88 bits per heavy atom. The molecular weight excluding hydrogens is 219 g/mol. The van der Waals surface area contributed by atoms with Crippen LogP contribution in [0.2, 0.25) is 0 Å². The molecule has 0 saturated carbocycles. The molecule has 94 valence electrons. The van der Waals surface area contributed by atoms with Gasteiger partial charge in [0.25, 0.3) is 0 Å². The first kappa shape index (κ1) is 13.6. The maximum atomic E-state index is 13.0. The third-order valence-corrected chi connectivity index (χ3v) is 2.56. The lowest BCUT2D eigenvalue weighted by molar-refractivity contribution is -0.121. The lowest BCUT2D eigenvalue weighted by atomic mass is 10.1. The molecule has 1 aromatic carbocycles. The topological polar surface area (TPSA) is 41.1 Å². The maximum Gasteiger partial charge on any atom is 0.220 e. The summed E-state index contributed by atoms with van der Waals surface area (Å²) in [5.74, 6) is -0.282. The van der Waals surface area contributed by atoms with Crippen molar-refractivity contribution in [1.29, 1.82) is 0 Å². The molecule has 1 rings (SSSR count). The minimum absolute atomic E-state index is 0.00277. The first-order chi connectivity index (χ1) is 8.13. The zero-order chi connectivity index (χ0) is 12.7. The van der Waals surface area contributed by atoms with Gasteiger partial charge >= 0.3 is 0 Å². The van der Waals surface area contributed by atoms with Gasteiger partial charge in [-0.25, -0.2) is 4.39 Å². The Morgan fingerprint density at radius 1 is 1.47 bits per heavy atom. The summed E-state index contributed by atoms with van der Waals surface area (Å²) in [6, 6.07) is 6.13. The van der Waals surface area contributed by atoms with Crippen molar-refractivity contribution in [3.8, 4) is 0 Å². The average Bonchev–Trinajstić information content (AvgIpc) is 2.29. The number of carbonyl (C=O) groups is 1. The monoisotopic (exact) mass is 238 g/mol. The number of hydrogen-bond donors (Lipinski definition) is 2. The molecule has 0 unspecified atom stereocenters. The van der Waals surface area contributed by atoms with Gasteiger partial charge in [-0.2, -0.15) is 0 Å². The Kier molecular flexibility index (Phi) is 5.63. The number of nitrogens with one attached hydrogen (secondary N) is 2. The molecule has 0 aliphatic heterocycles. The normalized spacial score (nSPS) is 12.2. The maximum absolute atomic E-state index is 13.0. The number of amides is 1. The second-order valence-corrected chi connectivity index (χ2v) is 4.05. The van der Waals surface area contributed by atoms with Crippen LogP contribution >= 0.6 is 0 Å². The Balaban J connectivity index is 2.43. The Labute approximate surface area is 101 Å². The van der Waals surface area contributed by atoms with Crippen LogP contribution in [0.1, 0.15) is 31.4 Å². The molecule has 0 aliphatic carbocycles. The van der Waals surface area contributed by atoms with Crippen LogP contribution in [-0.2, 0) is 4.79 Å². The molecule has 0 aromatic heterocycles. The minimum Gasteiger partial charge on any atom is -0.350 e. The molecule has 0 heterocycles. The van der Waals surface area contributed by atoms with Gasteiger partial charge in [-0.3, -0.25) is 4.79 Å². The largest absolute Gasteiger partial charge is 0.350 e. The van der Waals surface area contributed by atoms with Crippen LogP contribution in [0, 0.1) is 5.82 Å². The van der Waals surface area contributed by atoms with Crippen molar-refractivity contribution < 1.29 is 9.18 Å². The summed E-state index contributed by atoms with van der Waals surface area (Å²) in [4.78, 5) is 11.6. The number of carbonyl (C=O) groups excluding carboxylic acids is 1. The lowest BCUT2D eigenvalue weighted by Gasteiger charge is -2.14. The van der Waals surface area contributed by atoms with Crippen molar-refractivity contribution in [3.05, 3.63) is 35.6 Å². The summed E-state index contributed by atoms with van der Waals surface area (Å²) in [5.41, 5.74) is 0.784. The zero-order valence-corrected chi connectivity index (χ0v) is 10.3. The van der Waals surface area contributed by atoms with Gasteiger partial charge < -0.3 is 10.6 Å². The van der Waals surface area contributed by atoms with Crippen molar-refractivity contribution in [3.63, 3.8) is 0 Å². The van der Waals surface area contributed by atoms with E-state index in [4.69, 9.17) is 0 Å². The Morgan fingerprint density at radius 2 is 2.24 bits per heavy atom. The standard InChI is InChI=1S/C13H19FN2O/c1-10(11-5-3-6-12(14)9-11)16-13(17)7-4-8-15-2/h3,5-6,9-10,15H,4,7-8H2,1-2H3,(H,16,17)/t10-/m0/s1. The molecule has 0 radical (unpaired) electrons. The fraction of sp³-hybridized carbons (Fsp3) is 0.462. The van der Waals surface area contributed by atoms with Gasteiger partial charge in [0.15, 0.2) is 0 Å². The summed E-state index contributed by atoms with van der Waals surface area (Å²) in [5, 5.41) is 5.83. The van der Waals surface area contributed by atoms with Gasteiger partial charge in [0.1, 0.15) is 5.82 Å². The molecular formula is C13H19FN2O. The minimum atomic E-state index is -0.279. The van der Waals surface area contributed by atoms with Crippen LogP contribution in [0.25, 0.3) is 0 Å². The molecule has 1 atom stereocenters. The summed E-state index contributed by atoms with van der Waals surface area (Å²) in [6.07, 6.45) is 1.29. The van der Waals surface area contributed by atoms with Crippen LogP contribution in [0.15, 0.2) is 24.3 Å². The van der Waals surface area contributed by atoms with E-state index >= 15 is 0 Å². The number of rotatable bonds is 6. The van der Waals surface area contributed by atoms with Gasteiger partial charge in [0.05, 0.1) is 6.04 Å². The second kappa shape index (κ2) is 7.01. The molecule has 1 aromatic rings. The molecule has 0 spiro atoms. The van der Waals surface area contributed by atoms with Crippen LogP contribution in [0.4, 0.5) is 4.39 Å². The van der Waals surface area contributed by atoms with E-state index in [0.717, 1.165) is 18.5 Å². The molecule has 0 saturated heterocycles. The predicted octanol–water partition coefficient (Wildman–Crippen LogP) is 2.00. The van der Waals surface area contributed by atoms with Gasteiger partial charge in [0, 0.05) is 6.42 Å². The van der Waals surface area contributed by atoms with E-state index < -0.39 is 0 Å². The van der Waals surface area contributed by atoms with E-state index in [0.29, 0.717) is 6.42 Å². The van der Waals surface area contributed by atoms with Gasteiger partial charge in [-0.1, -0.05) is 12.1 Å². The van der Waals surface area contributed by atoms with Gasteiger partial charge in [-0.05, 0) is 44.6 Å². The highest BCUT2D eigenvalue weighted by molar-refractivity contribution is 5.76. The Bertz CT molecular complexity index is 368. The van der Waals surface area contributed by atoms with Crippen molar-refractivity contribution in [2.24, 2.45) is 0 Å². The zero-order valence-electron chi connectivity index (χ0n) is 10.3. The highest BCUT2D eigenvalue weighted by Crippen LogP contribution is 2.13. The predicted molar refractivity (Wildman–Crippen MR) is 66.1 cm³/mol. The van der Waals surface area contributed by atoms with Crippen LogP contribution in [0.5, 0.6) is 0 Å². The van der Waals surface area contributed by atoms with Crippen molar-refractivity contribution in [2.45, 2.75) is 25.8 Å². The van der Waals surface area contributed by atoms with Crippen LogP contribution in [-0.4, -0.2) is 19.5 Å². The quantitative estimate of drug-likeness (QED) is 0.744. The summed E-state index contributed by atoms with van der Waals surface area (Å²) in [7, 11) is 1.85. The fourth-order valence-corrected chi connectivity index (χ4v) is 1.60. The van der Waals surface area contributed by atoms with E-state index in [9.17, 15) is 9.18 Å². The SMILES string of the molecule is CNCCCC(=O)N[C@@H](C)c1cccc(F)c1. The van der Waals surface area contributed by atoms with E-state index in [-0.39, 0.29) is 17.8 Å². The van der Waals surface area contributed by atoms with E-state index in [1.54, 1.807) is 6.07 Å². The molecule has 1 amide bonds. The molecule has 17 heavy (non-hydrogen) atoms. The van der Waals surface area contributed by atoms with Crippen LogP contribution < -0.4 is 10.6 Å². The number of benzene rings is 1. The number of halogens is 1. The van der Waals surface area contributed by atoms with Crippen molar-refractivity contribution >= 4 is 5.91 Å². The van der Waals surface area contributed by atoms with E-state index in [2.05, 4.69) is 10.6 Å². The molecule has 2 N–H and O–H groups in total.